The molecule has 1 heterocycles. The van der Waals surface area contributed by atoms with Crippen LogP contribution < -0.4 is 4.87 Å². The number of hydrogen-bond acceptors (Lipinski definition) is 4. The predicted octanol–water partition coefficient (Wildman–Crippen LogP) is 3.30. The summed E-state index contributed by atoms with van der Waals surface area (Å²) in [4.78, 5) is 11.7. The Labute approximate surface area is 123 Å². The van der Waals surface area contributed by atoms with Gasteiger partial charge < -0.3 is 5.11 Å². The zero-order chi connectivity index (χ0) is 14.1. The molecule has 0 aliphatic rings. The Morgan fingerprint density at radius 1 is 1.20 bits per heavy atom. The van der Waals surface area contributed by atoms with Crippen LogP contribution in [0.1, 0.15) is 5.56 Å². The van der Waals surface area contributed by atoms with E-state index in [1.54, 1.807) is 30.5 Å². The van der Waals surface area contributed by atoms with Crippen LogP contribution >= 0.6 is 22.9 Å². The molecule has 0 unspecified atom stereocenters. The lowest BCUT2D eigenvalue weighted by molar-refractivity contribution is 0.476. The van der Waals surface area contributed by atoms with E-state index >= 15 is 0 Å². The molecule has 0 spiro atoms. The number of benzene rings is 2. The van der Waals surface area contributed by atoms with Crippen molar-refractivity contribution in [3.8, 4) is 5.75 Å². The Bertz CT molecular complexity index is 850. The predicted molar refractivity (Wildman–Crippen MR) is 82.2 cm³/mol. The molecule has 1 aromatic heterocycles. The third kappa shape index (κ3) is 2.45. The highest BCUT2D eigenvalue weighted by molar-refractivity contribution is 7.16. The van der Waals surface area contributed by atoms with E-state index in [0.29, 0.717) is 10.5 Å². The van der Waals surface area contributed by atoms with Gasteiger partial charge in [-0.1, -0.05) is 35.1 Å². The van der Waals surface area contributed by atoms with Crippen LogP contribution in [0.4, 0.5) is 0 Å². The maximum Gasteiger partial charge on any atom is 0.328 e. The fourth-order valence-corrected chi connectivity index (χ4v) is 2.71. The Kier molecular flexibility index (Phi) is 3.30. The monoisotopic (exact) mass is 304 g/mol. The number of phenolic OH excluding ortho intramolecular Hbond substituents is 1. The third-order valence-electron chi connectivity index (χ3n) is 2.73. The van der Waals surface area contributed by atoms with E-state index in [1.165, 1.54) is 10.7 Å². The van der Waals surface area contributed by atoms with Crippen molar-refractivity contribution in [1.82, 2.24) is 4.68 Å². The second-order valence-electron chi connectivity index (χ2n) is 4.13. The van der Waals surface area contributed by atoms with Crippen molar-refractivity contribution in [2.24, 2.45) is 5.10 Å². The number of phenols is 1. The summed E-state index contributed by atoms with van der Waals surface area (Å²) in [7, 11) is 0. The van der Waals surface area contributed by atoms with Crippen molar-refractivity contribution >= 4 is 39.4 Å². The first kappa shape index (κ1) is 12.9. The number of rotatable bonds is 2. The molecule has 100 valence electrons. The lowest BCUT2D eigenvalue weighted by Gasteiger charge is -1.97. The molecule has 0 amide bonds. The molecule has 3 aromatic rings. The minimum Gasteiger partial charge on any atom is -0.508 e. The summed E-state index contributed by atoms with van der Waals surface area (Å²) in [6.07, 6.45) is 1.58. The first-order valence-corrected chi connectivity index (χ1v) is 6.97. The van der Waals surface area contributed by atoms with Gasteiger partial charge in [0.25, 0.3) is 0 Å². The third-order valence-corrected chi connectivity index (χ3v) is 3.90. The van der Waals surface area contributed by atoms with Gasteiger partial charge in [0.2, 0.25) is 0 Å². The van der Waals surface area contributed by atoms with E-state index < -0.39 is 0 Å². The van der Waals surface area contributed by atoms with E-state index in [9.17, 15) is 9.90 Å². The SMILES string of the molecule is O=c1sc2ccc(O)cc2n1/N=C/c1ccc(Cl)cc1. The number of aromatic nitrogens is 1. The molecule has 1 N–H and O–H groups in total. The Morgan fingerprint density at radius 3 is 2.70 bits per heavy atom. The van der Waals surface area contributed by atoms with Crippen LogP contribution in [0.25, 0.3) is 10.2 Å². The van der Waals surface area contributed by atoms with E-state index in [0.717, 1.165) is 21.6 Å². The molecule has 0 bridgehead atoms. The van der Waals surface area contributed by atoms with Crippen LogP contribution in [0.2, 0.25) is 5.02 Å². The van der Waals surface area contributed by atoms with Crippen LogP contribution in [0.15, 0.2) is 52.4 Å². The number of thiazole rings is 1. The average Bonchev–Trinajstić information content (AvgIpc) is 2.73. The highest BCUT2D eigenvalue weighted by Crippen LogP contribution is 2.21. The van der Waals surface area contributed by atoms with Gasteiger partial charge in [-0.15, -0.1) is 0 Å². The summed E-state index contributed by atoms with van der Waals surface area (Å²) in [5.41, 5.74) is 1.42. The van der Waals surface area contributed by atoms with Gasteiger partial charge in [0.05, 0.1) is 16.4 Å². The minimum atomic E-state index is -0.198. The minimum absolute atomic E-state index is 0.103. The number of halogens is 1. The molecule has 3 rings (SSSR count). The van der Waals surface area contributed by atoms with Crippen LogP contribution in [-0.2, 0) is 0 Å². The van der Waals surface area contributed by atoms with E-state index in [-0.39, 0.29) is 10.6 Å². The highest BCUT2D eigenvalue weighted by atomic mass is 35.5. The Morgan fingerprint density at radius 2 is 1.95 bits per heavy atom. The highest BCUT2D eigenvalue weighted by Gasteiger charge is 2.06. The Balaban J connectivity index is 2.06. The van der Waals surface area contributed by atoms with Crippen molar-refractivity contribution in [2.45, 2.75) is 0 Å². The second kappa shape index (κ2) is 5.11. The van der Waals surface area contributed by atoms with E-state index in [2.05, 4.69) is 5.10 Å². The van der Waals surface area contributed by atoms with Crippen LogP contribution in [0, 0.1) is 0 Å². The first-order valence-electron chi connectivity index (χ1n) is 5.78. The molecule has 2 aromatic carbocycles. The molecule has 0 fully saturated rings. The van der Waals surface area contributed by atoms with Crippen molar-refractivity contribution < 1.29 is 5.11 Å². The smallest absolute Gasteiger partial charge is 0.328 e. The maximum absolute atomic E-state index is 11.9. The summed E-state index contributed by atoms with van der Waals surface area (Å²) < 4.78 is 2.05. The topological polar surface area (TPSA) is 54.6 Å². The van der Waals surface area contributed by atoms with Gasteiger partial charge in [-0.2, -0.15) is 9.78 Å². The molecule has 20 heavy (non-hydrogen) atoms. The fourth-order valence-electron chi connectivity index (χ4n) is 1.78. The quantitative estimate of drug-likeness (QED) is 0.739. The van der Waals surface area contributed by atoms with Crippen LogP contribution in [-0.4, -0.2) is 16.0 Å². The molecule has 0 saturated heterocycles. The first-order chi connectivity index (χ1) is 9.63. The van der Waals surface area contributed by atoms with Gasteiger partial charge in [-0.3, -0.25) is 4.79 Å². The number of aromatic hydroxyl groups is 1. The van der Waals surface area contributed by atoms with Crippen molar-refractivity contribution in [2.75, 3.05) is 0 Å². The Hall–Kier alpha value is -2.11. The summed E-state index contributed by atoms with van der Waals surface area (Å²) in [6, 6.07) is 11.9. The maximum atomic E-state index is 11.9. The van der Waals surface area contributed by atoms with Gasteiger partial charge in [-0.05, 0) is 29.8 Å². The van der Waals surface area contributed by atoms with E-state index in [4.69, 9.17) is 11.6 Å². The van der Waals surface area contributed by atoms with Crippen LogP contribution in [0.5, 0.6) is 5.75 Å². The normalized spacial score (nSPS) is 11.4. The molecule has 6 heteroatoms. The number of hydrogen-bond donors (Lipinski definition) is 1. The molecule has 4 nitrogen and oxygen atoms in total. The zero-order valence-electron chi connectivity index (χ0n) is 10.2. The van der Waals surface area contributed by atoms with Gasteiger partial charge in [-0.25, -0.2) is 0 Å². The molecule has 0 aliphatic heterocycles. The average molecular weight is 305 g/mol. The second-order valence-corrected chi connectivity index (χ2v) is 5.56. The van der Waals surface area contributed by atoms with E-state index in [1.807, 2.05) is 12.1 Å². The lowest BCUT2D eigenvalue weighted by Crippen LogP contribution is -2.07. The molecular weight excluding hydrogens is 296 g/mol. The summed E-state index contributed by atoms with van der Waals surface area (Å²) in [6.45, 7) is 0. The fraction of sp³-hybridized carbons (Fsp3) is 0. The van der Waals surface area contributed by atoms with Crippen molar-refractivity contribution in [1.29, 1.82) is 0 Å². The summed E-state index contributed by atoms with van der Waals surface area (Å²) in [5.74, 6) is 0.103. The lowest BCUT2D eigenvalue weighted by atomic mass is 10.2. The van der Waals surface area contributed by atoms with Gasteiger partial charge in [0.1, 0.15) is 5.75 Å². The largest absolute Gasteiger partial charge is 0.508 e. The zero-order valence-corrected chi connectivity index (χ0v) is 11.7. The van der Waals surface area contributed by atoms with Gasteiger partial charge in [0.15, 0.2) is 0 Å². The van der Waals surface area contributed by atoms with Gasteiger partial charge in [0, 0.05) is 11.1 Å². The molecule has 0 aliphatic carbocycles. The summed E-state index contributed by atoms with van der Waals surface area (Å²) >= 11 is 6.89. The molecule has 0 saturated carbocycles. The van der Waals surface area contributed by atoms with Crippen molar-refractivity contribution in [3.63, 3.8) is 0 Å². The molecule has 0 atom stereocenters. The van der Waals surface area contributed by atoms with Gasteiger partial charge >= 0.3 is 4.87 Å². The van der Waals surface area contributed by atoms with Crippen molar-refractivity contribution in [3.05, 3.63) is 62.7 Å². The molecular formula is C14H9ClN2O2S. The number of fused-ring (bicyclic) bond motifs is 1. The number of nitrogens with zero attached hydrogens (tertiary/aromatic N) is 2. The standard InChI is InChI=1S/C14H9ClN2O2S/c15-10-3-1-9(2-4-10)8-16-17-12-7-11(18)5-6-13(12)20-14(17)19/h1-8,18H/b16-8+. The summed E-state index contributed by atoms with van der Waals surface area (Å²) in [5, 5.41) is 14.3. The van der Waals surface area contributed by atoms with Crippen LogP contribution in [0.3, 0.4) is 0 Å². The molecule has 0 radical (unpaired) electrons.